The molecule has 19 heavy (non-hydrogen) atoms. The quantitative estimate of drug-likeness (QED) is 0.364. The van der Waals surface area contributed by atoms with Gasteiger partial charge in [-0.3, -0.25) is 9.59 Å². The first kappa shape index (κ1) is 17.9. The lowest BCUT2D eigenvalue weighted by molar-refractivity contribution is -0.147. The maximum atomic E-state index is 11.2. The van der Waals surface area contributed by atoms with Crippen LogP contribution in [0.2, 0.25) is 0 Å². The van der Waals surface area contributed by atoms with Gasteiger partial charge in [0.15, 0.2) is 0 Å². The van der Waals surface area contributed by atoms with Crippen LogP contribution < -0.4 is 0 Å². The molecule has 0 aliphatic rings. The van der Waals surface area contributed by atoms with E-state index in [-0.39, 0.29) is 19.0 Å². The van der Waals surface area contributed by atoms with Crippen molar-refractivity contribution in [3.05, 3.63) is 0 Å². The van der Waals surface area contributed by atoms with E-state index < -0.39 is 18.7 Å². The van der Waals surface area contributed by atoms with Crippen LogP contribution in [0.15, 0.2) is 0 Å². The molecule has 0 aliphatic carbocycles. The molecule has 0 rings (SSSR count). The minimum absolute atomic E-state index is 0.162. The number of carbonyl (C=O) groups excluding carboxylic acids is 1. The van der Waals surface area contributed by atoms with E-state index in [9.17, 15) is 9.59 Å². The number of aliphatic hydroxyl groups excluding tert-OH is 2. The molecule has 112 valence electrons. The molecule has 0 aromatic heterocycles. The van der Waals surface area contributed by atoms with Gasteiger partial charge in [-0.2, -0.15) is 0 Å². The Hall–Kier alpha value is -1.14. The summed E-state index contributed by atoms with van der Waals surface area (Å²) < 4.78 is 4.75. The summed E-state index contributed by atoms with van der Waals surface area (Å²) >= 11 is 0. The fourth-order valence-corrected chi connectivity index (χ4v) is 1.57. The van der Waals surface area contributed by atoms with Gasteiger partial charge in [0.05, 0.1) is 6.61 Å². The maximum Gasteiger partial charge on any atom is 0.305 e. The molecule has 6 nitrogen and oxygen atoms in total. The van der Waals surface area contributed by atoms with Crippen LogP contribution in [-0.2, 0) is 14.3 Å². The first-order valence-corrected chi connectivity index (χ1v) is 6.72. The highest BCUT2D eigenvalue weighted by atomic mass is 16.5. The van der Waals surface area contributed by atoms with Crippen LogP contribution in [0, 0.1) is 0 Å². The lowest BCUT2D eigenvalue weighted by Gasteiger charge is -2.08. The van der Waals surface area contributed by atoms with Crippen LogP contribution in [-0.4, -0.2) is 46.6 Å². The average Bonchev–Trinajstić information content (AvgIpc) is 2.38. The molecule has 1 atom stereocenters. The van der Waals surface area contributed by atoms with Gasteiger partial charge in [0, 0.05) is 12.8 Å². The molecular formula is C13H24O6. The van der Waals surface area contributed by atoms with Crippen molar-refractivity contribution in [3.63, 3.8) is 0 Å². The molecule has 0 spiro atoms. The monoisotopic (exact) mass is 276 g/mol. The summed E-state index contributed by atoms with van der Waals surface area (Å²) in [6, 6.07) is 0. The van der Waals surface area contributed by atoms with Crippen molar-refractivity contribution in [1.29, 1.82) is 0 Å². The summed E-state index contributed by atoms with van der Waals surface area (Å²) in [5, 5.41) is 25.9. The van der Waals surface area contributed by atoms with Gasteiger partial charge in [-0.05, 0) is 12.8 Å². The standard InChI is InChI=1S/C13H24O6/c14-9-11(15)10-19-13(18)8-6-4-2-1-3-5-7-12(16)17/h11,14-15H,1-10H2,(H,16,17). The van der Waals surface area contributed by atoms with E-state index in [2.05, 4.69) is 0 Å². The fraction of sp³-hybridized carbons (Fsp3) is 0.846. The minimum Gasteiger partial charge on any atom is -0.481 e. The third kappa shape index (κ3) is 13.1. The lowest BCUT2D eigenvalue weighted by atomic mass is 10.1. The molecule has 0 aliphatic heterocycles. The van der Waals surface area contributed by atoms with Crippen molar-refractivity contribution in [1.82, 2.24) is 0 Å². The SMILES string of the molecule is O=C(O)CCCCCCCCC(=O)OCC(O)CO. The number of ether oxygens (including phenoxy) is 1. The van der Waals surface area contributed by atoms with Gasteiger partial charge in [0.1, 0.15) is 12.7 Å². The Balaban J connectivity index is 3.25. The fourth-order valence-electron chi connectivity index (χ4n) is 1.57. The van der Waals surface area contributed by atoms with Gasteiger partial charge in [-0.15, -0.1) is 0 Å². The zero-order chi connectivity index (χ0) is 14.5. The van der Waals surface area contributed by atoms with E-state index in [4.69, 9.17) is 20.1 Å². The van der Waals surface area contributed by atoms with Crippen molar-refractivity contribution in [2.45, 2.75) is 57.5 Å². The van der Waals surface area contributed by atoms with Crippen molar-refractivity contribution in [3.8, 4) is 0 Å². The van der Waals surface area contributed by atoms with Crippen LogP contribution in [0.1, 0.15) is 51.4 Å². The van der Waals surface area contributed by atoms with Crippen molar-refractivity contribution >= 4 is 11.9 Å². The molecule has 0 fully saturated rings. The number of hydrogen-bond donors (Lipinski definition) is 3. The van der Waals surface area contributed by atoms with Gasteiger partial charge in [-0.25, -0.2) is 0 Å². The molecule has 0 bridgehead atoms. The van der Waals surface area contributed by atoms with Crippen LogP contribution >= 0.6 is 0 Å². The Kier molecular flexibility index (Phi) is 11.2. The highest BCUT2D eigenvalue weighted by Crippen LogP contribution is 2.09. The second kappa shape index (κ2) is 11.9. The highest BCUT2D eigenvalue weighted by Gasteiger charge is 2.07. The third-order valence-electron chi connectivity index (χ3n) is 2.67. The molecule has 0 radical (unpaired) electrons. The van der Waals surface area contributed by atoms with E-state index in [1.807, 2.05) is 0 Å². The van der Waals surface area contributed by atoms with Crippen LogP contribution in [0.4, 0.5) is 0 Å². The average molecular weight is 276 g/mol. The summed E-state index contributed by atoms with van der Waals surface area (Å²) in [6.45, 7) is -0.575. The maximum absolute atomic E-state index is 11.2. The number of aliphatic hydroxyl groups is 2. The molecule has 1 unspecified atom stereocenters. The summed E-state index contributed by atoms with van der Waals surface area (Å²) in [4.78, 5) is 21.4. The van der Waals surface area contributed by atoms with E-state index in [1.54, 1.807) is 0 Å². The van der Waals surface area contributed by atoms with Gasteiger partial charge in [0.25, 0.3) is 0 Å². The van der Waals surface area contributed by atoms with Crippen molar-refractivity contribution < 1.29 is 29.6 Å². The Labute approximate surface area is 113 Å². The number of aliphatic carboxylic acids is 1. The Morgan fingerprint density at radius 3 is 2.00 bits per heavy atom. The number of hydrogen-bond acceptors (Lipinski definition) is 5. The van der Waals surface area contributed by atoms with Gasteiger partial charge < -0.3 is 20.1 Å². The Bertz CT molecular complexity index is 254. The van der Waals surface area contributed by atoms with Crippen molar-refractivity contribution in [2.24, 2.45) is 0 Å². The largest absolute Gasteiger partial charge is 0.481 e. The van der Waals surface area contributed by atoms with E-state index in [1.165, 1.54) is 0 Å². The number of rotatable bonds is 12. The van der Waals surface area contributed by atoms with E-state index in [0.717, 1.165) is 32.1 Å². The van der Waals surface area contributed by atoms with E-state index in [0.29, 0.717) is 12.8 Å². The van der Waals surface area contributed by atoms with Crippen LogP contribution in [0.25, 0.3) is 0 Å². The molecular weight excluding hydrogens is 252 g/mol. The summed E-state index contributed by atoms with van der Waals surface area (Å²) in [7, 11) is 0. The second-order valence-corrected chi connectivity index (χ2v) is 4.53. The Morgan fingerprint density at radius 2 is 1.47 bits per heavy atom. The van der Waals surface area contributed by atoms with Crippen molar-refractivity contribution in [2.75, 3.05) is 13.2 Å². The number of esters is 1. The normalized spacial score (nSPS) is 12.1. The number of carboxylic acid groups (broad SMARTS) is 1. The zero-order valence-electron chi connectivity index (χ0n) is 11.2. The van der Waals surface area contributed by atoms with Crippen LogP contribution in [0.3, 0.4) is 0 Å². The summed E-state index contributed by atoms with van der Waals surface area (Å²) in [6.07, 6.45) is 4.73. The number of carbonyl (C=O) groups is 2. The van der Waals surface area contributed by atoms with Gasteiger partial charge in [0.2, 0.25) is 0 Å². The molecule has 0 saturated carbocycles. The summed E-state index contributed by atoms with van der Waals surface area (Å²) in [5.74, 6) is -1.12. The van der Waals surface area contributed by atoms with Gasteiger partial charge in [-0.1, -0.05) is 25.7 Å². The first-order chi connectivity index (χ1) is 9.06. The third-order valence-corrected chi connectivity index (χ3v) is 2.67. The zero-order valence-corrected chi connectivity index (χ0v) is 11.2. The smallest absolute Gasteiger partial charge is 0.305 e. The summed E-state index contributed by atoms with van der Waals surface area (Å²) in [5.41, 5.74) is 0. The topological polar surface area (TPSA) is 104 Å². The molecule has 0 aromatic carbocycles. The molecule has 6 heteroatoms. The minimum atomic E-state index is -1.00. The molecule has 3 N–H and O–H groups in total. The molecule has 0 heterocycles. The molecule has 0 saturated heterocycles. The lowest BCUT2D eigenvalue weighted by Crippen LogP contribution is -2.21. The molecule has 0 aromatic rings. The molecule has 0 amide bonds. The number of unbranched alkanes of at least 4 members (excludes halogenated alkanes) is 5. The first-order valence-electron chi connectivity index (χ1n) is 6.72. The van der Waals surface area contributed by atoms with Crippen LogP contribution in [0.5, 0.6) is 0 Å². The second-order valence-electron chi connectivity index (χ2n) is 4.53. The Morgan fingerprint density at radius 1 is 0.947 bits per heavy atom. The predicted octanol–water partition coefficient (Wildman–Crippen LogP) is 1.09. The number of carboxylic acids is 1. The van der Waals surface area contributed by atoms with E-state index >= 15 is 0 Å². The predicted molar refractivity (Wildman–Crippen MR) is 68.6 cm³/mol. The highest BCUT2D eigenvalue weighted by molar-refractivity contribution is 5.69. The van der Waals surface area contributed by atoms with Gasteiger partial charge >= 0.3 is 11.9 Å².